The van der Waals surface area contributed by atoms with E-state index in [9.17, 15) is 13.2 Å². The van der Waals surface area contributed by atoms with E-state index in [2.05, 4.69) is 0 Å². The summed E-state index contributed by atoms with van der Waals surface area (Å²) in [6.07, 6.45) is 0. The molecule has 0 atom stereocenters. The fraction of sp³-hybridized carbons (Fsp3) is 0.0870. The summed E-state index contributed by atoms with van der Waals surface area (Å²) in [4.78, 5) is 22.4. The van der Waals surface area contributed by atoms with Crippen molar-refractivity contribution in [1.29, 1.82) is 0 Å². The van der Waals surface area contributed by atoms with Gasteiger partial charge in [0.25, 0.3) is 15.9 Å². The third-order valence-electron chi connectivity index (χ3n) is 5.55. The number of sulfonamides is 1. The van der Waals surface area contributed by atoms with Crippen LogP contribution >= 0.6 is 11.8 Å². The van der Waals surface area contributed by atoms with Gasteiger partial charge in [0.15, 0.2) is 5.16 Å². The topological polar surface area (TPSA) is 84.6 Å². The van der Waals surface area contributed by atoms with Gasteiger partial charge in [0.2, 0.25) is 0 Å². The van der Waals surface area contributed by atoms with Gasteiger partial charge in [-0.1, -0.05) is 48.2 Å². The van der Waals surface area contributed by atoms with E-state index in [1.165, 1.54) is 17.8 Å². The number of thioether (sulfide) groups is 1. The maximum Gasteiger partial charge on any atom is 0.269 e. The molecule has 1 amide bonds. The Morgan fingerprint density at radius 3 is 2.41 bits per heavy atom. The number of amides is 1. The standard InChI is InChI=1S/C23H16N4O3S2/c28-22-16-8-2-6-12-20(16)32(29,30)26(22)13-14-31-23-25-17-9-3-1-7-15(17)21-24-18-10-4-5-11-19(18)27(21)23/h1-12H,13-14H2. The van der Waals surface area contributed by atoms with E-state index in [0.717, 1.165) is 31.9 Å². The van der Waals surface area contributed by atoms with E-state index >= 15 is 0 Å². The van der Waals surface area contributed by atoms with Gasteiger partial charge in [0.05, 0.1) is 22.1 Å². The molecule has 6 rings (SSSR count). The lowest BCUT2D eigenvalue weighted by atomic mass is 10.2. The molecule has 0 aliphatic carbocycles. The Bertz CT molecular complexity index is 1660. The molecule has 0 saturated carbocycles. The Labute approximate surface area is 187 Å². The van der Waals surface area contributed by atoms with E-state index in [1.807, 2.05) is 52.9 Å². The van der Waals surface area contributed by atoms with Crippen molar-refractivity contribution < 1.29 is 13.2 Å². The lowest BCUT2D eigenvalue weighted by molar-refractivity contribution is 0.0876. The van der Waals surface area contributed by atoms with Gasteiger partial charge in [0.1, 0.15) is 10.5 Å². The third-order valence-corrected chi connectivity index (χ3v) is 8.31. The molecule has 5 aromatic rings. The van der Waals surface area contributed by atoms with Crippen molar-refractivity contribution in [1.82, 2.24) is 18.7 Å². The minimum Gasteiger partial charge on any atom is -0.271 e. The molecule has 3 heterocycles. The molecule has 0 N–H and O–H groups in total. The predicted octanol–water partition coefficient (Wildman–Crippen LogP) is 3.97. The minimum atomic E-state index is -3.82. The fourth-order valence-corrected chi connectivity index (χ4v) is 6.70. The number of carbonyl (C=O) groups is 1. The van der Waals surface area contributed by atoms with Gasteiger partial charge in [0, 0.05) is 17.7 Å². The summed E-state index contributed by atoms with van der Waals surface area (Å²) in [5, 5.41) is 1.65. The van der Waals surface area contributed by atoms with Crippen LogP contribution in [0.2, 0.25) is 0 Å². The monoisotopic (exact) mass is 460 g/mol. The molecule has 0 fully saturated rings. The Kier molecular flexibility index (Phi) is 4.24. The first-order chi connectivity index (χ1) is 15.6. The predicted molar refractivity (Wildman–Crippen MR) is 123 cm³/mol. The van der Waals surface area contributed by atoms with Gasteiger partial charge < -0.3 is 0 Å². The first-order valence-electron chi connectivity index (χ1n) is 10.0. The lowest BCUT2D eigenvalue weighted by Gasteiger charge is -2.15. The van der Waals surface area contributed by atoms with Crippen molar-refractivity contribution in [3.8, 4) is 0 Å². The zero-order chi connectivity index (χ0) is 21.9. The average Bonchev–Trinajstić information content (AvgIpc) is 3.29. The molecule has 2 aromatic heterocycles. The van der Waals surface area contributed by atoms with E-state index in [4.69, 9.17) is 9.97 Å². The maximum absolute atomic E-state index is 12.8. The van der Waals surface area contributed by atoms with Crippen LogP contribution in [-0.2, 0) is 10.0 Å². The largest absolute Gasteiger partial charge is 0.271 e. The number of hydrogen-bond donors (Lipinski definition) is 0. The van der Waals surface area contributed by atoms with Crippen LogP contribution in [0.3, 0.4) is 0 Å². The minimum absolute atomic E-state index is 0.0587. The maximum atomic E-state index is 12.8. The van der Waals surface area contributed by atoms with Crippen LogP contribution in [-0.4, -0.2) is 45.3 Å². The number of hydrogen-bond acceptors (Lipinski definition) is 6. The highest BCUT2D eigenvalue weighted by atomic mass is 32.2. The lowest BCUT2D eigenvalue weighted by Crippen LogP contribution is -2.32. The van der Waals surface area contributed by atoms with Crippen LogP contribution in [0.15, 0.2) is 82.8 Å². The van der Waals surface area contributed by atoms with Crippen molar-refractivity contribution in [3.05, 3.63) is 78.4 Å². The van der Waals surface area contributed by atoms with Gasteiger partial charge in [-0.2, -0.15) is 0 Å². The molecule has 0 saturated heterocycles. The number of nitrogens with zero attached hydrogens (tertiary/aromatic N) is 4. The molecule has 0 bridgehead atoms. The SMILES string of the molecule is O=C1c2ccccc2S(=O)(=O)N1CCSc1nc2ccccc2c2nc3ccccc3n12. The third kappa shape index (κ3) is 2.74. The highest BCUT2D eigenvalue weighted by Crippen LogP contribution is 2.32. The summed E-state index contributed by atoms with van der Waals surface area (Å²) < 4.78 is 28.6. The Morgan fingerprint density at radius 2 is 1.56 bits per heavy atom. The second-order valence-corrected chi connectivity index (χ2v) is 10.3. The van der Waals surface area contributed by atoms with Gasteiger partial charge in [-0.05, 0) is 36.4 Å². The Balaban J connectivity index is 1.38. The second-order valence-electron chi connectivity index (χ2n) is 7.40. The van der Waals surface area contributed by atoms with Crippen LogP contribution < -0.4 is 0 Å². The first-order valence-corrected chi connectivity index (χ1v) is 12.4. The number of para-hydroxylation sites is 3. The highest BCUT2D eigenvalue weighted by molar-refractivity contribution is 7.99. The number of benzene rings is 3. The normalized spacial score (nSPS) is 15.1. The summed E-state index contributed by atoms with van der Waals surface area (Å²) in [6.45, 7) is 0.0587. The molecule has 3 aromatic carbocycles. The zero-order valence-corrected chi connectivity index (χ0v) is 18.3. The Hall–Kier alpha value is -3.43. The van der Waals surface area contributed by atoms with Crippen molar-refractivity contribution in [2.45, 2.75) is 10.1 Å². The van der Waals surface area contributed by atoms with E-state index in [-0.39, 0.29) is 17.0 Å². The molecule has 0 unspecified atom stereocenters. The number of imidazole rings is 1. The molecular weight excluding hydrogens is 444 g/mol. The number of carbonyl (C=O) groups excluding carboxylic acids is 1. The second kappa shape index (κ2) is 7.04. The zero-order valence-electron chi connectivity index (χ0n) is 16.7. The summed E-state index contributed by atoms with van der Waals surface area (Å²) in [5.74, 6) is -0.114. The summed E-state index contributed by atoms with van der Waals surface area (Å²) >= 11 is 1.41. The average molecular weight is 461 g/mol. The number of fused-ring (bicyclic) bond motifs is 6. The molecule has 1 aliphatic rings. The van der Waals surface area contributed by atoms with Crippen molar-refractivity contribution in [3.63, 3.8) is 0 Å². The molecule has 9 heteroatoms. The number of aromatic nitrogens is 3. The summed E-state index contributed by atoms with van der Waals surface area (Å²) in [7, 11) is -3.82. The van der Waals surface area contributed by atoms with Gasteiger partial charge >= 0.3 is 0 Å². The Morgan fingerprint density at radius 1 is 0.844 bits per heavy atom. The van der Waals surface area contributed by atoms with E-state index in [1.54, 1.807) is 18.2 Å². The van der Waals surface area contributed by atoms with Gasteiger partial charge in [-0.3, -0.25) is 9.20 Å². The molecule has 158 valence electrons. The van der Waals surface area contributed by atoms with Crippen LogP contribution in [0.5, 0.6) is 0 Å². The smallest absolute Gasteiger partial charge is 0.269 e. The van der Waals surface area contributed by atoms with Crippen molar-refractivity contribution >= 4 is 55.3 Å². The fourth-order valence-electron chi connectivity index (χ4n) is 4.08. The molecule has 32 heavy (non-hydrogen) atoms. The van der Waals surface area contributed by atoms with Crippen LogP contribution in [0, 0.1) is 0 Å². The molecule has 0 radical (unpaired) electrons. The molecule has 7 nitrogen and oxygen atoms in total. The van der Waals surface area contributed by atoms with E-state index < -0.39 is 15.9 Å². The highest BCUT2D eigenvalue weighted by Gasteiger charge is 2.40. The van der Waals surface area contributed by atoms with Gasteiger partial charge in [-0.15, -0.1) is 0 Å². The van der Waals surface area contributed by atoms with Gasteiger partial charge in [-0.25, -0.2) is 22.7 Å². The molecule has 0 spiro atoms. The number of rotatable bonds is 4. The summed E-state index contributed by atoms with van der Waals surface area (Å²) in [6, 6.07) is 22.0. The molecule has 1 aliphatic heterocycles. The molecular formula is C23H16N4O3S2. The van der Waals surface area contributed by atoms with Crippen LogP contribution in [0.25, 0.3) is 27.6 Å². The van der Waals surface area contributed by atoms with E-state index in [0.29, 0.717) is 10.9 Å². The van der Waals surface area contributed by atoms with Crippen molar-refractivity contribution in [2.24, 2.45) is 0 Å². The summed E-state index contributed by atoms with van der Waals surface area (Å²) in [5.41, 5.74) is 3.64. The van der Waals surface area contributed by atoms with Crippen LogP contribution in [0.4, 0.5) is 0 Å². The first kappa shape index (κ1) is 19.3. The quantitative estimate of drug-likeness (QED) is 0.298. The van der Waals surface area contributed by atoms with Crippen LogP contribution in [0.1, 0.15) is 10.4 Å². The van der Waals surface area contributed by atoms with Crippen molar-refractivity contribution in [2.75, 3.05) is 12.3 Å².